The van der Waals surface area contributed by atoms with Crippen LogP contribution in [0, 0.1) is 6.92 Å². The van der Waals surface area contributed by atoms with Gasteiger partial charge in [-0.05, 0) is 27.7 Å². The molecule has 1 amide bonds. The van der Waals surface area contributed by atoms with Crippen molar-refractivity contribution in [3.05, 3.63) is 28.0 Å². The molecular formula is C16H21N3O5. The lowest BCUT2D eigenvalue weighted by Crippen LogP contribution is -2.36. The van der Waals surface area contributed by atoms with E-state index in [1.807, 2.05) is 13.8 Å². The first-order chi connectivity index (χ1) is 11.4. The van der Waals surface area contributed by atoms with E-state index in [0.717, 1.165) is 0 Å². The second-order valence-corrected chi connectivity index (χ2v) is 5.18. The molecule has 0 aromatic carbocycles. The second kappa shape index (κ2) is 7.29. The molecule has 0 spiro atoms. The van der Waals surface area contributed by atoms with E-state index in [1.54, 1.807) is 18.7 Å². The SMILES string of the molecule is CCOC(=O)c1c(C)oc2ncn(CC(=O)N(CC)CC)c(=O)c12. The Morgan fingerprint density at radius 3 is 2.54 bits per heavy atom. The van der Waals surface area contributed by atoms with Crippen LogP contribution in [0.15, 0.2) is 15.5 Å². The fourth-order valence-electron chi connectivity index (χ4n) is 2.52. The van der Waals surface area contributed by atoms with Gasteiger partial charge in [-0.3, -0.25) is 14.2 Å². The summed E-state index contributed by atoms with van der Waals surface area (Å²) in [4.78, 5) is 42.7. The molecule has 0 aliphatic rings. The molecule has 0 fully saturated rings. The van der Waals surface area contributed by atoms with Crippen LogP contribution >= 0.6 is 0 Å². The number of amides is 1. The number of likely N-dealkylation sites (N-methyl/N-ethyl adjacent to an activating group) is 1. The fraction of sp³-hybridized carbons (Fsp3) is 0.500. The van der Waals surface area contributed by atoms with Crippen molar-refractivity contribution in [1.82, 2.24) is 14.5 Å². The van der Waals surface area contributed by atoms with Gasteiger partial charge in [0.2, 0.25) is 11.6 Å². The first-order valence-electron chi connectivity index (χ1n) is 7.87. The summed E-state index contributed by atoms with van der Waals surface area (Å²) in [6.07, 6.45) is 1.25. The van der Waals surface area contributed by atoms with Gasteiger partial charge < -0.3 is 14.1 Å². The van der Waals surface area contributed by atoms with E-state index in [0.29, 0.717) is 13.1 Å². The van der Waals surface area contributed by atoms with Gasteiger partial charge in [0, 0.05) is 13.1 Å². The molecule has 2 rings (SSSR count). The monoisotopic (exact) mass is 335 g/mol. The minimum Gasteiger partial charge on any atom is -0.462 e. The van der Waals surface area contributed by atoms with Crippen molar-refractivity contribution in [2.75, 3.05) is 19.7 Å². The standard InChI is InChI=1S/C16H21N3O5/c1-5-18(6-2)11(20)8-19-9-17-14-13(15(19)21)12(10(4)24-14)16(22)23-7-3/h9H,5-8H2,1-4H3. The number of furan rings is 1. The third-order valence-electron chi connectivity index (χ3n) is 3.76. The van der Waals surface area contributed by atoms with Crippen molar-refractivity contribution >= 4 is 23.0 Å². The lowest BCUT2D eigenvalue weighted by molar-refractivity contribution is -0.131. The predicted octanol–water partition coefficient (Wildman–Crippen LogP) is 1.34. The van der Waals surface area contributed by atoms with Crippen LogP contribution in [0.4, 0.5) is 0 Å². The maximum absolute atomic E-state index is 12.7. The molecular weight excluding hydrogens is 314 g/mol. The Morgan fingerprint density at radius 1 is 1.29 bits per heavy atom. The molecule has 0 aliphatic heterocycles. The van der Waals surface area contributed by atoms with E-state index in [1.165, 1.54) is 10.9 Å². The molecule has 2 aromatic rings. The molecule has 0 N–H and O–H groups in total. The normalized spacial score (nSPS) is 10.8. The highest BCUT2D eigenvalue weighted by Gasteiger charge is 2.24. The van der Waals surface area contributed by atoms with Crippen LogP contribution in [0.1, 0.15) is 36.9 Å². The summed E-state index contributed by atoms with van der Waals surface area (Å²) in [7, 11) is 0. The van der Waals surface area contributed by atoms with Crippen molar-refractivity contribution < 1.29 is 18.7 Å². The van der Waals surface area contributed by atoms with Crippen LogP contribution in [0.25, 0.3) is 11.1 Å². The summed E-state index contributed by atoms with van der Waals surface area (Å²) in [5.41, 5.74) is -0.374. The molecule has 8 nitrogen and oxygen atoms in total. The van der Waals surface area contributed by atoms with E-state index < -0.39 is 11.5 Å². The first kappa shape index (κ1) is 17.7. The molecule has 8 heteroatoms. The maximum atomic E-state index is 12.7. The lowest BCUT2D eigenvalue weighted by atomic mass is 10.2. The van der Waals surface area contributed by atoms with E-state index in [4.69, 9.17) is 9.15 Å². The van der Waals surface area contributed by atoms with Gasteiger partial charge in [-0.1, -0.05) is 0 Å². The molecule has 0 saturated heterocycles. The number of carbonyl (C=O) groups excluding carboxylic acids is 2. The quantitative estimate of drug-likeness (QED) is 0.740. The number of carbonyl (C=O) groups is 2. The number of ether oxygens (including phenoxy) is 1. The third kappa shape index (κ3) is 3.17. The van der Waals surface area contributed by atoms with E-state index in [2.05, 4.69) is 4.98 Å². The molecule has 0 unspecified atom stereocenters. The van der Waals surface area contributed by atoms with Crippen LogP contribution in [-0.4, -0.2) is 46.0 Å². The third-order valence-corrected chi connectivity index (χ3v) is 3.76. The van der Waals surface area contributed by atoms with E-state index in [-0.39, 0.29) is 41.5 Å². The number of nitrogens with zero attached hydrogens (tertiary/aromatic N) is 3. The highest BCUT2D eigenvalue weighted by Crippen LogP contribution is 2.21. The Hall–Kier alpha value is -2.64. The second-order valence-electron chi connectivity index (χ2n) is 5.18. The van der Waals surface area contributed by atoms with Crippen molar-refractivity contribution in [3.63, 3.8) is 0 Å². The van der Waals surface area contributed by atoms with Gasteiger partial charge in [0.05, 0.1) is 6.61 Å². The van der Waals surface area contributed by atoms with Crippen molar-refractivity contribution in [2.45, 2.75) is 34.2 Å². The number of aromatic nitrogens is 2. The Bertz CT molecular complexity index is 817. The Labute approximate surface area is 139 Å². The maximum Gasteiger partial charge on any atom is 0.342 e. The fourth-order valence-corrected chi connectivity index (χ4v) is 2.52. The largest absolute Gasteiger partial charge is 0.462 e. The van der Waals surface area contributed by atoms with Crippen LogP contribution < -0.4 is 5.56 Å². The van der Waals surface area contributed by atoms with Crippen LogP contribution in [-0.2, 0) is 16.1 Å². The van der Waals surface area contributed by atoms with Crippen molar-refractivity contribution in [3.8, 4) is 0 Å². The molecule has 0 atom stereocenters. The van der Waals surface area contributed by atoms with Gasteiger partial charge in [0.15, 0.2) is 0 Å². The Morgan fingerprint density at radius 2 is 1.96 bits per heavy atom. The molecule has 0 aliphatic carbocycles. The molecule has 24 heavy (non-hydrogen) atoms. The molecule has 2 heterocycles. The minimum atomic E-state index is -0.638. The summed E-state index contributed by atoms with van der Waals surface area (Å²) in [5, 5.41) is 0.0424. The highest BCUT2D eigenvalue weighted by atomic mass is 16.5. The zero-order chi connectivity index (χ0) is 17.9. The average molecular weight is 335 g/mol. The van der Waals surface area contributed by atoms with Crippen LogP contribution in [0.3, 0.4) is 0 Å². The zero-order valence-corrected chi connectivity index (χ0v) is 14.3. The Kier molecular flexibility index (Phi) is 5.38. The van der Waals surface area contributed by atoms with Gasteiger partial charge in [0.25, 0.3) is 5.56 Å². The van der Waals surface area contributed by atoms with Gasteiger partial charge in [0.1, 0.15) is 29.6 Å². The number of hydrogen-bond acceptors (Lipinski definition) is 6. The topological polar surface area (TPSA) is 94.6 Å². The highest BCUT2D eigenvalue weighted by molar-refractivity contribution is 6.03. The molecule has 0 bridgehead atoms. The smallest absolute Gasteiger partial charge is 0.342 e. The summed E-state index contributed by atoms with van der Waals surface area (Å²) in [5.74, 6) is -0.567. The number of esters is 1. The summed E-state index contributed by atoms with van der Waals surface area (Å²) in [6, 6.07) is 0. The minimum absolute atomic E-state index is 0.0424. The molecule has 2 aromatic heterocycles. The van der Waals surface area contributed by atoms with E-state index >= 15 is 0 Å². The van der Waals surface area contributed by atoms with Crippen LogP contribution in [0.5, 0.6) is 0 Å². The first-order valence-corrected chi connectivity index (χ1v) is 7.87. The molecule has 130 valence electrons. The van der Waals surface area contributed by atoms with Crippen LogP contribution in [0.2, 0.25) is 0 Å². The number of fused-ring (bicyclic) bond motifs is 1. The Balaban J connectivity index is 2.50. The van der Waals surface area contributed by atoms with E-state index in [9.17, 15) is 14.4 Å². The number of aryl methyl sites for hydroxylation is 1. The average Bonchev–Trinajstić information content (AvgIpc) is 2.88. The van der Waals surface area contributed by atoms with Crippen molar-refractivity contribution in [1.29, 1.82) is 0 Å². The molecule has 0 radical (unpaired) electrons. The lowest BCUT2D eigenvalue weighted by Gasteiger charge is -2.18. The number of rotatable bonds is 6. The molecule has 0 saturated carbocycles. The van der Waals surface area contributed by atoms with Gasteiger partial charge in [-0.2, -0.15) is 0 Å². The van der Waals surface area contributed by atoms with Gasteiger partial charge in [-0.15, -0.1) is 0 Å². The zero-order valence-electron chi connectivity index (χ0n) is 14.3. The summed E-state index contributed by atoms with van der Waals surface area (Å²) >= 11 is 0. The summed E-state index contributed by atoms with van der Waals surface area (Å²) < 4.78 is 11.5. The van der Waals surface area contributed by atoms with Gasteiger partial charge in [-0.25, -0.2) is 9.78 Å². The summed E-state index contributed by atoms with van der Waals surface area (Å²) in [6.45, 7) is 8.12. The predicted molar refractivity (Wildman–Crippen MR) is 86.9 cm³/mol. The van der Waals surface area contributed by atoms with Crippen molar-refractivity contribution in [2.24, 2.45) is 0 Å². The number of hydrogen-bond donors (Lipinski definition) is 0. The van der Waals surface area contributed by atoms with Gasteiger partial charge >= 0.3 is 5.97 Å².